The van der Waals surface area contributed by atoms with Crippen molar-refractivity contribution in [2.24, 2.45) is 63.2 Å². The number of carbonyl (C=O) groups excluding carboxylic acids is 2. The minimum atomic E-state index is -1.19. The average molecular weight is 760 g/mol. The van der Waals surface area contributed by atoms with Crippen LogP contribution in [-0.4, -0.2) is 48.8 Å². The number of aliphatic hydroxyl groups excluding tert-OH is 1. The summed E-state index contributed by atoms with van der Waals surface area (Å²) in [5.74, 6) is 0.230. The maximum absolute atomic E-state index is 14.2. The van der Waals surface area contributed by atoms with Crippen LogP contribution in [-0.2, 0) is 26.2 Å². The van der Waals surface area contributed by atoms with Crippen LogP contribution in [0, 0.1) is 62.0 Å². The highest BCUT2D eigenvalue weighted by Gasteiger charge is 2.71. The molecule has 1 aromatic carbocycles. The fourth-order valence-electron chi connectivity index (χ4n) is 13.5. The van der Waals surface area contributed by atoms with Crippen molar-refractivity contribution in [1.29, 1.82) is 0 Å². The van der Waals surface area contributed by atoms with Gasteiger partial charge in [-0.3, -0.25) is 14.4 Å². The van der Waals surface area contributed by atoms with Crippen molar-refractivity contribution < 1.29 is 33.7 Å². The fourth-order valence-corrected chi connectivity index (χ4v) is 13.5. The number of ether oxygens (including phenoxy) is 1. The Balaban J connectivity index is 1.21. The van der Waals surface area contributed by atoms with Crippen molar-refractivity contribution in [3.05, 3.63) is 47.1 Å². The number of Topliss-reactive ketones (excluding diaryl/α,β-unsaturated/α-hetero) is 1. The number of hydrogen-bond donors (Lipinski definition) is 2. The molecule has 2 aromatic rings. The number of carboxylic acids is 1. The molecular formula is C45H62FN3O6. The van der Waals surface area contributed by atoms with E-state index in [1.165, 1.54) is 12.1 Å². The molecule has 0 spiro atoms. The van der Waals surface area contributed by atoms with Crippen molar-refractivity contribution in [1.82, 2.24) is 14.8 Å². The van der Waals surface area contributed by atoms with Gasteiger partial charge in [0.25, 0.3) is 0 Å². The van der Waals surface area contributed by atoms with E-state index in [0.717, 1.165) is 56.1 Å². The molecule has 5 aliphatic rings. The molecular weight excluding hydrogens is 698 g/mol. The van der Waals surface area contributed by atoms with Crippen LogP contribution in [0.2, 0.25) is 0 Å². The Kier molecular flexibility index (Phi) is 9.46. The van der Waals surface area contributed by atoms with E-state index in [9.17, 15) is 29.0 Å². The molecule has 0 unspecified atom stereocenters. The highest BCUT2D eigenvalue weighted by Crippen LogP contribution is 2.77. The third kappa shape index (κ3) is 5.72. The van der Waals surface area contributed by atoms with Crippen LogP contribution >= 0.6 is 0 Å². The number of fused-ring (bicyclic) bond motifs is 7. The lowest BCUT2D eigenvalue weighted by molar-refractivity contribution is -0.235. The van der Waals surface area contributed by atoms with Gasteiger partial charge in [-0.1, -0.05) is 48.5 Å². The number of aromatic nitrogens is 3. The minimum Gasteiger partial charge on any atom is -0.481 e. The van der Waals surface area contributed by atoms with Gasteiger partial charge in [-0.05, 0) is 141 Å². The average Bonchev–Trinajstić information content (AvgIpc) is 3.63. The van der Waals surface area contributed by atoms with E-state index < -0.39 is 28.9 Å². The number of ketones is 1. The molecule has 4 fully saturated rings. The third-order valence-corrected chi connectivity index (χ3v) is 16.6. The molecule has 1 aromatic heterocycles. The van der Waals surface area contributed by atoms with Crippen LogP contribution in [0.5, 0.6) is 0 Å². The number of allylic oxidation sites excluding steroid dienone is 1. The van der Waals surface area contributed by atoms with Crippen LogP contribution in [0.15, 0.2) is 35.4 Å². The Morgan fingerprint density at radius 2 is 1.62 bits per heavy atom. The molecule has 300 valence electrons. The van der Waals surface area contributed by atoms with Crippen molar-refractivity contribution >= 4 is 17.7 Å². The van der Waals surface area contributed by atoms with Crippen LogP contribution in [0.4, 0.5) is 4.39 Å². The van der Waals surface area contributed by atoms with E-state index in [1.54, 1.807) is 30.5 Å². The molecule has 0 saturated heterocycles. The van der Waals surface area contributed by atoms with E-state index in [0.29, 0.717) is 35.5 Å². The van der Waals surface area contributed by atoms with Crippen molar-refractivity contribution in [3.63, 3.8) is 0 Å². The van der Waals surface area contributed by atoms with Crippen LogP contribution in [0.25, 0.3) is 11.4 Å². The maximum atomic E-state index is 14.2. The molecule has 10 heteroatoms. The standard InChI is InChI=1S/C45H62FN3O6/c1-25(2)34-29(50)23-45(36(52)38-48-47-37(49(38)10)26-11-13-27(46)14-12-26)22-21-43(8)28(35(34)45)15-16-31-42(7)19-18-32(55-33(51)24-40(3,4)39(53)54)41(5,6)30(42)17-20-44(31,43)9/h11-14,25,28,30-32,36,52H,15-24H2,1-10H3,(H,53,54)/t28-,30+,31-,32+,36+,42+,43-,44-,45-/m1/s1. The number of aliphatic carboxylic acids is 1. The Hall–Kier alpha value is -3.40. The third-order valence-electron chi connectivity index (χ3n) is 16.6. The first-order valence-corrected chi connectivity index (χ1v) is 20.6. The molecule has 9 nitrogen and oxygen atoms in total. The normalized spacial score (nSPS) is 36.1. The van der Waals surface area contributed by atoms with Gasteiger partial charge in [-0.2, -0.15) is 0 Å². The molecule has 0 bridgehead atoms. The summed E-state index contributed by atoms with van der Waals surface area (Å²) in [5, 5.41) is 31.2. The Bertz CT molecular complexity index is 1930. The second-order valence-electron chi connectivity index (χ2n) is 20.4. The molecule has 9 atom stereocenters. The number of aliphatic hydroxyl groups is 1. The zero-order valence-corrected chi connectivity index (χ0v) is 34.6. The van der Waals surface area contributed by atoms with Gasteiger partial charge in [-0.15, -0.1) is 10.2 Å². The second kappa shape index (κ2) is 13.1. The number of carboxylic acid groups (broad SMARTS) is 1. The minimum absolute atomic E-state index is 0.0118. The molecule has 1 heterocycles. The Labute approximate surface area is 325 Å². The van der Waals surface area contributed by atoms with Gasteiger partial charge in [0.15, 0.2) is 17.4 Å². The summed E-state index contributed by atoms with van der Waals surface area (Å²) in [6.07, 6.45) is 6.03. The van der Waals surface area contributed by atoms with Gasteiger partial charge in [0.1, 0.15) is 18.0 Å². The van der Waals surface area contributed by atoms with Crippen LogP contribution in [0.3, 0.4) is 0 Å². The summed E-state index contributed by atoms with van der Waals surface area (Å²) >= 11 is 0. The number of carbonyl (C=O) groups is 3. The summed E-state index contributed by atoms with van der Waals surface area (Å²) in [4.78, 5) is 39.1. The van der Waals surface area contributed by atoms with Gasteiger partial charge in [-0.25, -0.2) is 4.39 Å². The number of halogens is 1. The van der Waals surface area contributed by atoms with E-state index in [1.807, 2.05) is 7.05 Å². The number of esters is 1. The first-order valence-electron chi connectivity index (χ1n) is 20.6. The molecule has 7 rings (SSSR count). The Morgan fingerprint density at radius 3 is 2.25 bits per heavy atom. The number of rotatable bonds is 8. The number of hydrogen-bond acceptors (Lipinski definition) is 7. The molecule has 0 radical (unpaired) electrons. The van der Waals surface area contributed by atoms with Crippen molar-refractivity contribution in [2.75, 3.05) is 0 Å². The second-order valence-corrected chi connectivity index (χ2v) is 20.4. The van der Waals surface area contributed by atoms with Crippen molar-refractivity contribution in [2.45, 2.75) is 139 Å². The first-order chi connectivity index (χ1) is 25.5. The summed E-state index contributed by atoms with van der Waals surface area (Å²) < 4.78 is 21.7. The number of benzene rings is 1. The lowest BCUT2D eigenvalue weighted by Crippen LogP contribution is -2.66. The molecule has 0 aliphatic heterocycles. The van der Waals surface area contributed by atoms with Gasteiger partial charge >= 0.3 is 11.9 Å². The summed E-state index contributed by atoms with van der Waals surface area (Å²) in [6.45, 7) is 19.3. The zero-order valence-electron chi connectivity index (χ0n) is 34.6. The van der Waals surface area contributed by atoms with Crippen molar-refractivity contribution in [3.8, 4) is 11.4 Å². The molecule has 55 heavy (non-hydrogen) atoms. The topological polar surface area (TPSA) is 132 Å². The summed E-state index contributed by atoms with van der Waals surface area (Å²) in [7, 11) is 1.84. The predicted molar refractivity (Wildman–Crippen MR) is 207 cm³/mol. The lowest BCUT2D eigenvalue weighted by Gasteiger charge is -2.72. The van der Waals surface area contributed by atoms with Crippen LogP contribution in [0.1, 0.15) is 138 Å². The van der Waals surface area contributed by atoms with E-state index in [2.05, 4.69) is 58.7 Å². The number of nitrogens with zero attached hydrogens (tertiary/aromatic N) is 3. The fraction of sp³-hybridized carbons (Fsp3) is 0.711. The predicted octanol–water partition coefficient (Wildman–Crippen LogP) is 9.05. The van der Waals surface area contributed by atoms with Gasteiger partial charge in [0.05, 0.1) is 11.8 Å². The molecule has 4 saturated carbocycles. The van der Waals surface area contributed by atoms with Gasteiger partial charge in [0.2, 0.25) is 0 Å². The lowest BCUT2D eigenvalue weighted by atomic mass is 9.33. The van der Waals surface area contributed by atoms with Gasteiger partial charge in [0, 0.05) is 29.9 Å². The van der Waals surface area contributed by atoms with E-state index in [-0.39, 0.29) is 64.0 Å². The van der Waals surface area contributed by atoms with Crippen LogP contribution < -0.4 is 0 Å². The SMILES string of the molecule is CC(C)C1=C2[C@H]3CC[C@@H]4[C@@]5(C)CC[C@H](OC(=O)CC(C)(C)C(=O)O)C(C)(C)[C@@H]5CC[C@@]4(C)[C@]3(C)CC[C@@]2([C@@H](O)c2nnc(-c3ccc(F)cc3)n2C)CC1=O. The monoisotopic (exact) mass is 759 g/mol. The van der Waals surface area contributed by atoms with E-state index in [4.69, 9.17) is 4.74 Å². The molecule has 2 N–H and O–H groups in total. The maximum Gasteiger partial charge on any atom is 0.309 e. The molecule has 0 amide bonds. The Morgan fingerprint density at radius 1 is 0.945 bits per heavy atom. The summed E-state index contributed by atoms with van der Waals surface area (Å²) in [6, 6.07) is 6.12. The van der Waals surface area contributed by atoms with E-state index >= 15 is 0 Å². The highest BCUT2D eigenvalue weighted by molar-refractivity contribution is 6.00. The largest absolute Gasteiger partial charge is 0.481 e. The highest BCUT2D eigenvalue weighted by atomic mass is 19.1. The zero-order chi connectivity index (χ0) is 40.3. The quantitative estimate of drug-likeness (QED) is 0.255. The van der Waals surface area contributed by atoms with Gasteiger partial charge < -0.3 is 19.5 Å². The smallest absolute Gasteiger partial charge is 0.309 e. The summed E-state index contributed by atoms with van der Waals surface area (Å²) in [5.41, 5.74) is 0.400. The molecule has 5 aliphatic carbocycles. The first kappa shape index (κ1) is 39.8.